The van der Waals surface area contributed by atoms with Gasteiger partial charge in [0.1, 0.15) is 30.4 Å². The van der Waals surface area contributed by atoms with Crippen molar-refractivity contribution in [3.05, 3.63) is 46.7 Å². The molecule has 1 fully saturated rings. The molecule has 14 heteroatoms. The number of alkyl halides is 1. The molecule has 0 heterocycles. The van der Waals surface area contributed by atoms with E-state index < -0.39 is 89.1 Å². The third-order valence-corrected chi connectivity index (χ3v) is 8.73. The summed E-state index contributed by atoms with van der Waals surface area (Å²) in [6.45, 7) is 1.96. The maximum atomic E-state index is 14.2. The van der Waals surface area contributed by atoms with Gasteiger partial charge in [-0.2, -0.15) is 0 Å². The lowest BCUT2D eigenvalue weighted by molar-refractivity contribution is -0.163. The molecule has 5 N–H and O–H groups in total. The Morgan fingerprint density at radius 3 is 2.39 bits per heavy atom. The zero-order chi connectivity index (χ0) is 32.8. The van der Waals surface area contributed by atoms with Crippen LogP contribution in [0.1, 0.15) is 27.9 Å². The molecule has 44 heavy (non-hydrogen) atoms. The zero-order valence-corrected chi connectivity index (χ0v) is 25.0. The minimum atomic E-state index is -2.76. The predicted molar refractivity (Wildman–Crippen MR) is 155 cm³/mol. The van der Waals surface area contributed by atoms with Gasteiger partial charge in [0.15, 0.2) is 23.0 Å². The molecule has 3 unspecified atom stereocenters. The molecule has 0 spiro atoms. The van der Waals surface area contributed by atoms with Crippen molar-refractivity contribution in [1.29, 1.82) is 0 Å². The molecule has 0 aromatic heterocycles. The van der Waals surface area contributed by atoms with Crippen LogP contribution in [-0.4, -0.2) is 114 Å². The van der Waals surface area contributed by atoms with Crippen molar-refractivity contribution in [2.45, 2.75) is 31.0 Å². The number of aliphatic hydroxyl groups excluding tert-OH is 1. The van der Waals surface area contributed by atoms with E-state index in [1.807, 2.05) is 0 Å². The summed E-state index contributed by atoms with van der Waals surface area (Å²) < 4.78 is 17.5. The maximum Gasteiger partial charge on any atom is 0.410 e. The van der Waals surface area contributed by atoms with Crippen LogP contribution >= 0.6 is 0 Å². The number of fused-ring (bicyclic) bond motifs is 3. The van der Waals surface area contributed by atoms with Gasteiger partial charge < -0.3 is 35.6 Å². The fourth-order valence-electron chi connectivity index (χ4n) is 6.86. The van der Waals surface area contributed by atoms with Gasteiger partial charge in [0.2, 0.25) is 0 Å². The van der Waals surface area contributed by atoms with Gasteiger partial charge in [-0.3, -0.25) is 24.1 Å². The molecule has 0 saturated heterocycles. The highest BCUT2D eigenvalue weighted by Crippen LogP contribution is 2.53. The van der Waals surface area contributed by atoms with E-state index in [4.69, 9.17) is 10.5 Å². The third kappa shape index (κ3) is 5.01. The maximum absolute atomic E-state index is 14.2. The predicted octanol–water partition coefficient (Wildman–Crippen LogP) is 0.654. The van der Waals surface area contributed by atoms with E-state index in [0.29, 0.717) is 11.3 Å². The Morgan fingerprint density at radius 1 is 1.18 bits per heavy atom. The minimum Gasteiger partial charge on any atom is -0.508 e. The highest BCUT2D eigenvalue weighted by molar-refractivity contribution is 6.25. The fourth-order valence-corrected chi connectivity index (χ4v) is 6.86. The number of amides is 2. The first-order valence-electron chi connectivity index (χ1n) is 14.0. The van der Waals surface area contributed by atoms with Crippen LogP contribution in [0.15, 0.2) is 30.1 Å². The fraction of sp³-hybridized carbons (Fsp3) is 0.500. The Bertz CT molecular complexity index is 1470. The monoisotopic (exact) mass is 616 g/mol. The smallest absolute Gasteiger partial charge is 0.410 e. The van der Waals surface area contributed by atoms with Crippen LogP contribution < -0.4 is 10.6 Å². The molecule has 0 aliphatic heterocycles. The molecule has 1 saturated carbocycles. The number of primary amides is 1. The minimum absolute atomic E-state index is 0.0237. The Hall–Kier alpha value is -4.30. The number of ketones is 3. The van der Waals surface area contributed by atoms with E-state index in [9.17, 15) is 43.7 Å². The quantitative estimate of drug-likeness (QED) is 0.173. The first-order valence-corrected chi connectivity index (χ1v) is 14.0. The zero-order valence-electron chi connectivity index (χ0n) is 25.0. The molecule has 1 aromatic carbocycles. The average Bonchev–Trinajstić information content (AvgIpc) is 2.94. The van der Waals surface area contributed by atoms with Gasteiger partial charge in [-0.25, -0.2) is 9.18 Å². The Morgan fingerprint density at radius 2 is 1.84 bits per heavy atom. The van der Waals surface area contributed by atoms with Crippen molar-refractivity contribution >= 4 is 35.0 Å². The number of carbonyl (C=O) groups is 5. The first kappa shape index (κ1) is 32.6. The third-order valence-electron chi connectivity index (χ3n) is 8.73. The number of carbonyl (C=O) groups excluding carboxylic acids is 5. The summed E-state index contributed by atoms with van der Waals surface area (Å²) in [5.41, 5.74) is 2.59. The van der Waals surface area contributed by atoms with Crippen LogP contribution in [0, 0.1) is 17.8 Å². The van der Waals surface area contributed by atoms with Crippen molar-refractivity contribution in [3.63, 3.8) is 0 Å². The standard InChI is InChI=1S/C30H37FN4O9/c1-6-8-35(29(42)44-9-7-31)13-15-12-18(33(2)3)16-10-14-11-17-22(34(4)5)25(38)21(28(32)41)27(40)30(17,43)26(39)19(14)24(37)20(16)23(15)36/h6,12,14,17,19,22,36,40,43H,1,7-11,13H2,2-5H3,(H2,32,41)/t14?,17?,19?,22-,30-/m0/s1. The van der Waals surface area contributed by atoms with Crippen LogP contribution in [-0.2, 0) is 32.1 Å². The molecule has 4 rings (SSSR count). The van der Waals surface area contributed by atoms with E-state index in [-0.39, 0.29) is 37.1 Å². The summed E-state index contributed by atoms with van der Waals surface area (Å²) in [6.07, 6.45) is 0.582. The van der Waals surface area contributed by atoms with Crippen molar-refractivity contribution in [2.75, 3.05) is 52.9 Å². The Kier molecular flexibility index (Phi) is 8.89. The van der Waals surface area contributed by atoms with Crippen LogP contribution in [0.2, 0.25) is 0 Å². The number of hydrogen-bond donors (Lipinski definition) is 4. The van der Waals surface area contributed by atoms with E-state index in [1.165, 1.54) is 25.1 Å². The number of likely N-dealkylation sites (N-methyl/N-ethyl adjacent to an activating group) is 1. The van der Waals surface area contributed by atoms with E-state index in [0.717, 1.165) is 4.90 Å². The lowest BCUT2D eigenvalue weighted by Crippen LogP contribution is -2.68. The molecule has 3 aliphatic rings. The van der Waals surface area contributed by atoms with E-state index >= 15 is 0 Å². The summed E-state index contributed by atoms with van der Waals surface area (Å²) in [5, 5.41) is 34.2. The summed E-state index contributed by atoms with van der Waals surface area (Å²) in [5.74, 6) is -9.22. The second kappa shape index (κ2) is 12.0. The number of nitrogens with two attached hydrogens (primary N) is 1. The van der Waals surface area contributed by atoms with Crippen molar-refractivity contribution < 1.29 is 48.4 Å². The molecular weight excluding hydrogens is 579 g/mol. The van der Waals surface area contributed by atoms with Crippen molar-refractivity contribution in [2.24, 2.45) is 23.5 Å². The number of phenolic OH excluding ortho intramolecular Hbond substituents is 1. The van der Waals surface area contributed by atoms with Gasteiger partial charge in [0, 0.05) is 37.8 Å². The van der Waals surface area contributed by atoms with Crippen LogP contribution in [0.4, 0.5) is 14.9 Å². The number of rotatable bonds is 9. The molecule has 238 valence electrons. The van der Waals surface area contributed by atoms with Gasteiger partial charge in [-0.05, 0) is 44.5 Å². The second-order valence-electron chi connectivity index (χ2n) is 11.8. The largest absolute Gasteiger partial charge is 0.508 e. The number of phenols is 1. The highest BCUT2D eigenvalue weighted by atomic mass is 19.1. The van der Waals surface area contributed by atoms with Crippen LogP contribution in [0.3, 0.4) is 0 Å². The van der Waals surface area contributed by atoms with Gasteiger partial charge in [-0.15, -0.1) is 6.58 Å². The molecule has 13 nitrogen and oxygen atoms in total. The molecule has 1 aromatic rings. The number of aliphatic hydroxyl groups is 2. The Balaban J connectivity index is 1.86. The summed E-state index contributed by atoms with van der Waals surface area (Å²) in [7, 11) is 6.47. The van der Waals surface area contributed by atoms with E-state index in [2.05, 4.69) is 6.58 Å². The molecule has 5 atom stereocenters. The number of aromatic hydroxyl groups is 1. The first-order chi connectivity index (χ1) is 20.6. The van der Waals surface area contributed by atoms with Crippen molar-refractivity contribution in [3.8, 4) is 5.75 Å². The topological polar surface area (TPSA) is 191 Å². The van der Waals surface area contributed by atoms with Gasteiger partial charge in [0.05, 0.1) is 24.1 Å². The molecule has 0 bridgehead atoms. The summed E-state index contributed by atoms with van der Waals surface area (Å²) >= 11 is 0. The Labute approximate surface area is 253 Å². The number of benzene rings is 1. The number of Topliss-reactive ketones (excluding diaryl/α,β-unsaturated/α-hetero) is 3. The number of ether oxygens (including phenoxy) is 1. The summed E-state index contributed by atoms with van der Waals surface area (Å²) in [6, 6.07) is 0.402. The van der Waals surface area contributed by atoms with E-state index in [1.54, 1.807) is 25.1 Å². The lowest BCUT2D eigenvalue weighted by Gasteiger charge is -2.52. The summed E-state index contributed by atoms with van der Waals surface area (Å²) in [4.78, 5) is 70.5. The van der Waals surface area contributed by atoms with Gasteiger partial charge >= 0.3 is 6.09 Å². The van der Waals surface area contributed by atoms with Crippen LogP contribution in [0.25, 0.3) is 0 Å². The normalized spacial score (nSPS) is 26.1. The molecule has 2 amide bonds. The number of anilines is 1. The van der Waals surface area contributed by atoms with Crippen LogP contribution in [0.5, 0.6) is 5.75 Å². The molecule has 0 radical (unpaired) electrons. The number of hydrogen-bond acceptors (Lipinski definition) is 11. The highest BCUT2D eigenvalue weighted by Gasteiger charge is 2.66. The molecular formula is C30H37FN4O9. The lowest BCUT2D eigenvalue weighted by atomic mass is 9.54. The second-order valence-corrected chi connectivity index (χ2v) is 11.8. The number of nitrogens with zero attached hydrogens (tertiary/aromatic N) is 3. The van der Waals surface area contributed by atoms with Gasteiger partial charge in [-0.1, -0.05) is 6.08 Å². The average molecular weight is 617 g/mol. The molecule has 3 aliphatic carbocycles. The SMILES string of the molecule is C=CCN(Cc1cc(N(C)C)c2c(c1O)C(=O)C1C(=O)[C@]3(O)C(O)=C(C(N)=O)C(=O)[C@@H](N(C)C)C3CC1C2)C(=O)OCCF. The number of halogens is 1. The van der Waals surface area contributed by atoms with Gasteiger partial charge in [0.25, 0.3) is 5.91 Å². The van der Waals surface area contributed by atoms with Crippen molar-refractivity contribution in [1.82, 2.24) is 9.80 Å².